The lowest BCUT2D eigenvalue weighted by Gasteiger charge is -2.15. The molecule has 0 aromatic heterocycles. The summed E-state index contributed by atoms with van der Waals surface area (Å²) in [6, 6.07) is 17.4. The molecule has 1 aliphatic rings. The molecule has 90 valence electrons. The highest BCUT2D eigenvalue weighted by Gasteiger charge is 2.15. The minimum atomic E-state index is 0.238. The van der Waals surface area contributed by atoms with Crippen LogP contribution in [0.1, 0.15) is 17.2 Å². The van der Waals surface area contributed by atoms with Crippen molar-refractivity contribution in [2.45, 2.75) is 13.0 Å². The second-order valence-electron chi connectivity index (χ2n) is 4.58. The lowest BCUT2D eigenvalue weighted by molar-refractivity contribution is 0.611. The highest BCUT2D eigenvalue weighted by atomic mass is 15.4. The van der Waals surface area contributed by atoms with E-state index in [2.05, 4.69) is 72.4 Å². The molecule has 1 atom stereocenters. The van der Waals surface area contributed by atoms with Gasteiger partial charge in [0.05, 0.1) is 6.04 Å². The number of rotatable bonds is 2. The Kier molecular flexibility index (Phi) is 2.87. The molecule has 2 N–H and O–H groups in total. The standard InChI is InChI=1S/C16H16N2/c1-12-6-8-13(9-7-12)14-4-2-3-5-15(14)16-10-11-17-18-16/h2-11,16-18H,1H3. The van der Waals surface area contributed by atoms with Crippen LogP contribution in [0.2, 0.25) is 0 Å². The fourth-order valence-corrected chi connectivity index (χ4v) is 2.28. The molecule has 2 aromatic rings. The first-order valence-corrected chi connectivity index (χ1v) is 6.18. The summed E-state index contributed by atoms with van der Waals surface area (Å²) in [6.07, 6.45) is 4.07. The summed E-state index contributed by atoms with van der Waals surface area (Å²) in [6.45, 7) is 2.11. The molecule has 1 aliphatic heterocycles. The number of benzene rings is 2. The Morgan fingerprint density at radius 2 is 1.72 bits per heavy atom. The third kappa shape index (κ3) is 2.03. The molecule has 0 saturated carbocycles. The van der Waals surface area contributed by atoms with E-state index in [1.807, 2.05) is 6.20 Å². The minimum absolute atomic E-state index is 0.238. The molecule has 0 aliphatic carbocycles. The normalized spacial score (nSPS) is 17.7. The molecule has 2 aromatic carbocycles. The van der Waals surface area contributed by atoms with Gasteiger partial charge in [-0.1, -0.05) is 54.1 Å². The summed E-state index contributed by atoms with van der Waals surface area (Å²) >= 11 is 0. The molecular formula is C16H16N2. The van der Waals surface area contributed by atoms with Crippen molar-refractivity contribution in [1.29, 1.82) is 0 Å². The fraction of sp³-hybridized carbons (Fsp3) is 0.125. The smallest absolute Gasteiger partial charge is 0.0713 e. The first kappa shape index (κ1) is 11.1. The van der Waals surface area contributed by atoms with E-state index in [9.17, 15) is 0 Å². The van der Waals surface area contributed by atoms with Crippen LogP contribution < -0.4 is 10.9 Å². The Labute approximate surface area is 107 Å². The quantitative estimate of drug-likeness (QED) is 0.835. The average molecular weight is 236 g/mol. The van der Waals surface area contributed by atoms with Gasteiger partial charge in [-0.25, -0.2) is 5.43 Å². The van der Waals surface area contributed by atoms with Gasteiger partial charge >= 0.3 is 0 Å². The summed E-state index contributed by atoms with van der Waals surface area (Å²) in [5, 5.41) is 0. The number of nitrogens with one attached hydrogen (secondary N) is 2. The van der Waals surface area contributed by atoms with Gasteiger partial charge in [-0.15, -0.1) is 0 Å². The van der Waals surface area contributed by atoms with E-state index < -0.39 is 0 Å². The summed E-state index contributed by atoms with van der Waals surface area (Å²) in [7, 11) is 0. The van der Waals surface area contributed by atoms with Gasteiger partial charge in [-0.05, 0) is 29.7 Å². The molecule has 1 heterocycles. The molecule has 0 spiro atoms. The van der Waals surface area contributed by atoms with Crippen LogP contribution in [0.5, 0.6) is 0 Å². The molecule has 0 bridgehead atoms. The monoisotopic (exact) mass is 236 g/mol. The largest absolute Gasteiger partial charge is 0.328 e. The van der Waals surface area contributed by atoms with Crippen LogP contribution >= 0.6 is 0 Å². The van der Waals surface area contributed by atoms with Gasteiger partial charge in [0.1, 0.15) is 0 Å². The SMILES string of the molecule is Cc1ccc(-c2ccccc2C2C=CNN2)cc1. The van der Waals surface area contributed by atoms with Crippen LogP contribution in [0.15, 0.2) is 60.8 Å². The zero-order valence-electron chi connectivity index (χ0n) is 10.4. The van der Waals surface area contributed by atoms with E-state index in [1.165, 1.54) is 22.3 Å². The van der Waals surface area contributed by atoms with E-state index in [0.717, 1.165) is 0 Å². The third-order valence-electron chi connectivity index (χ3n) is 3.27. The maximum absolute atomic E-state index is 3.23. The van der Waals surface area contributed by atoms with E-state index in [-0.39, 0.29) is 6.04 Å². The van der Waals surface area contributed by atoms with Crippen LogP contribution in [0, 0.1) is 6.92 Å². The fourth-order valence-electron chi connectivity index (χ4n) is 2.28. The molecule has 1 unspecified atom stereocenters. The molecular weight excluding hydrogens is 220 g/mol. The van der Waals surface area contributed by atoms with Crippen molar-refractivity contribution in [3.05, 3.63) is 71.9 Å². The topological polar surface area (TPSA) is 24.1 Å². The zero-order valence-corrected chi connectivity index (χ0v) is 10.4. The molecule has 0 saturated heterocycles. The van der Waals surface area contributed by atoms with E-state index in [0.29, 0.717) is 0 Å². The highest BCUT2D eigenvalue weighted by molar-refractivity contribution is 5.68. The Morgan fingerprint density at radius 3 is 2.44 bits per heavy atom. The summed E-state index contributed by atoms with van der Waals surface area (Å²) in [5.41, 5.74) is 11.4. The Bertz CT molecular complexity index is 570. The predicted molar refractivity (Wildman–Crippen MR) is 74.8 cm³/mol. The van der Waals surface area contributed by atoms with Crippen LogP contribution in [0.4, 0.5) is 0 Å². The molecule has 2 heteroatoms. The van der Waals surface area contributed by atoms with Gasteiger partial charge in [-0.3, -0.25) is 0 Å². The number of hydrogen-bond donors (Lipinski definition) is 2. The molecule has 3 rings (SSSR count). The molecule has 0 fully saturated rings. The second kappa shape index (κ2) is 4.67. The maximum atomic E-state index is 3.23. The van der Waals surface area contributed by atoms with Crippen molar-refractivity contribution >= 4 is 0 Å². The van der Waals surface area contributed by atoms with Crippen molar-refractivity contribution in [3.8, 4) is 11.1 Å². The summed E-state index contributed by atoms with van der Waals surface area (Å²) in [4.78, 5) is 0. The van der Waals surface area contributed by atoms with Crippen LogP contribution in [-0.2, 0) is 0 Å². The van der Waals surface area contributed by atoms with Crippen molar-refractivity contribution in [2.24, 2.45) is 0 Å². The van der Waals surface area contributed by atoms with E-state index in [4.69, 9.17) is 0 Å². The Hall–Kier alpha value is -2.06. The average Bonchev–Trinajstić information content (AvgIpc) is 2.93. The minimum Gasteiger partial charge on any atom is -0.328 e. The first-order chi connectivity index (χ1) is 8.84. The van der Waals surface area contributed by atoms with E-state index >= 15 is 0 Å². The highest BCUT2D eigenvalue weighted by Crippen LogP contribution is 2.29. The van der Waals surface area contributed by atoms with Crippen molar-refractivity contribution in [1.82, 2.24) is 10.9 Å². The van der Waals surface area contributed by atoms with Crippen LogP contribution in [-0.4, -0.2) is 0 Å². The van der Waals surface area contributed by atoms with Crippen molar-refractivity contribution in [3.63, 3.8) is 0 Å². The lowest BCUT2D eigenvalue weighted by Crippen LogP contribution is -2.24. The van der Waals surface area contributed by atoms with Crippen molar-refractivity contribution < 1.29 is 0 Å². The number of hydrogen-bond acceptors (Lipinski definition) is 2. The van der Waals surface area contributed by atoms with Gasteiger partial charge in [0.15, 0.2) is 0 Å². The second-order valence-corrected chi connectivity index (χ2v) is 4.58. The zero-order chi connectivity index (χ0) is 12.4. The molecule has 0 radical (unpaired) electrons. The molecule has 18 heavy (non-hydrogen) atoms. The summed E-state index contributed by atoms with van der Waals surface area (Å²) in [5.74, 6) is 0. The molecule has 2 nitrogen and oxygen atoms in total. The van der Waals surface area contributed by atoms with Gasteiger partial charge in [0, 0.05) is 6.20 Å². The lowest BCUT2D eigenvalue weighted by atomic mass is 9.95. The number of hydrazine groups is 1. The Balaban J connectivity index is 2.06. The van der Waals surface area contributed by atoms with Gasteiger partial charge in [-0.2, -0.15) is 0 Å². The van der Waals surface area contributed by atoms with Gasteiger partial charge in [0.2, 0.25) is 0 Å². The predicted octanol–water partition coefficient (Wildman–Crippen LogP) is 3.32. The summed E-state index contributed by atoms with van der Waals surface area (Å²) < 4.78 is 0. The van der Waals surface area contributed by atoms with Crippen molar-refractivity contribution in [2.75, 3.05) is 0 Å². The molecule has 0 amide bonds. The van der Waals surface area contributed by atoms with Gasteiger partial charge < -0.3 is 5.43 Å². The maximum Gasteiger partial charge on any atom is 0.0713 e. The third-order valence-corrected chi connectivity index (χ3v) is 3.27. The first-order valence-electron chi connectivity index (χ1n) is 6.18. The Morgan fingerprint density at radius 1 is 0.944 bits per heavy atom. The van der Waals surface area contributed by atoms with E-state index in [1.54, 1.807) is 0 Å². The van der Waals surface area contributed by atoms with Gasteiger partial charge in [0.25, 0.3) is 0 Å². The van der Waals surface area contributed by atoms with Crippen LogP contribution in [0.25, 0.3) is 11.1 Å². The number of aryl methyl sites for hydroxylation is 1. The van der Waals surface area contributed by atoms with Crippen LogP contribution in [0.3, 0.4) is 0 Å².